The van der Waals surface area contributed by atoms with Crippen molar-refractivity contribution in [2.24, 2.45) is 4.99 Å². The van der Waals surface area contributed by atoms with Crippen LogP contribution in [-0.2, 0) is 4.74 Å². The molecule has 0 spiro atoms. The predicted octanol–water partition coefficient (Wildman–Crippen LogP) is -1.54. The van der Waals surface area contributed by atoms with Crippen LogP contribution in [-0.4, -0.2) is 70.1 Å². The standard InChI is InChI=1S/C11H15FN2O4S/c12-5-6-8(16)9(17)7-10(18-6)19-11(14-7)13-3-1-2-4-15/h6-10,15-17H,3-5H2,(H,13,14). The fraction of sp³-hybridized carbons (Fsp3) is 0.727. The van der Waals surface area contributed by atoms with Crippen molar-refractivity contribution < 1.29 is 24.4 Å². The van der Waals surface area contributed by atoms with Crippen molar-refractivity contribution in [3.63, 3.8) is 0 Å². The van der Waals surface area contributed by atoms with E-state index in [0.717, 1.165) is 0 Å². The van der Waals surface area contributed by atoms with E-state index in [4.69, 9.17) is 9.84 Å². The number of hydrogen-bond donors (Lipinski definition) is 4. The number of amidine groups is 1. The molecule has 0 aliphatic carbocycles. The van der Waals surface area contributed by atoms with Gasteiger partial charge in [0.05, 0.1) is 6.04 Å². The zero-order valence-corrected chi connectivity index (χ0v) is 10.8. The van der Waals surface area contributed by atoms with Crippen molar-refractivity contribution in [3.8, 4) is 11.8 Å². The molecular weight excluding hydrogens is 275 g/mol. The second-order valence-corrected chi connectivity index (χ2v) is 5.19. The van der Waals surface area contributed by atoms with Gasteiger partial charge in [0, 0.05) is 0 Å². The van der Waals surface area contributed by atoms with Gasteiger partial charge in [-0.25, -0.2) is 9.38 Å². The first-order chi connectivity index (χ1) is 9.17. The third kappa shape index (κ3) is 3.19. The van der Waals surface area contributed by atoms with Crippen LogP contribution in [0.3, 0.4) is 0 Å². The van der Waals surface area contributed by atoms with Crippen molar-refractivity contribution in [2.45, 2.75) is 29.8 Å². The Hall–Kier alpha value is -0.850. The molecule has 6 nitrogen and oxygen atoms in total. The Morgan fingerprint density at radius 1 is 1.37 bits per heavy atom. The van der Waals surface area contributed by atoms with Gasteiger partial charge in [0.25, 0.3) is 0 Å². The van der Waals surface area contributed by atoms with Crippen LogP contribution >= 0.6 is 11.8 Å². The molecule has 5 atom stereocenters. The summed E-state index contributed by atoms with van der Waals surface area (Å²) in [7, 11) is 0. The van der Waals surface area contributed by atoms with Crippen molar-refractivity contribution in [1.82, 2.24) is 5.32 Å². The van der Waals surface area contributed by atoms with Gasteiger partial charge in [-0.1, -0.05) is 23.6 Å². The van der Waals surface area contributed by atoms with Crippen molar-refractivity contribution in [3.05, 3.63) is 0 Å². The molecule has 2 saturated heterocycles. The number of nitrogens with zero attached hydrogens (tertiary/aromatic N) is 1. The second-order valence-electron chi connectivity index (χ2n) is 4.10. The van der Waals surface area contributed by atoms with Crippen LogP contribution in [0, 0.1) is 11.8 Å². The third-order valence-electron chi connectivity index (χ3n) is 2.88. The smallest absolute Gasteiger partial charge is 0.160 e. The topological polar surface area (TPSA) is 94.3 Å². The van der Waals surface area contributed by atoms with Gasteiger partial charge in [-0.15, -0.1) is 0 Å². The maximum Gasteiger partial charge on any atom is 0.160 e. The van der Waals surface area contributed by atoms with Gasteiger partial charge in [-0.2, -0.15) is 0 Å². The molecule has 106 valence electrons. The van der Waals surface area contributed by atoms with Crippen LogP contribution in [0.5, 0.6) is 0 Å². The maximum absolute atomic E-state index is 12.6. The molecule has 2 aliphatic heterocycles. The van der Waals surface area contributed by atoms with E-state index in [2.05, 4.69) is 22.2 Å². The molecule has 0 saturated carbocycles. The minimum Gasteiger partial charge on any atom is -0.388 e. The molecule has 0 radical (unpaired) electrons. The molecule has 19 heavy (non-hydrogen) atoms. The van der Waals surface area contributed by atoms with E-state index in [1.165, 1.54) is 11.8 Å². The fourth-order valence-electron chi connectivity index (χ4n) is 1.91. The number of rotatable bonds is 2. The summed E-state index contributed by atoms with van der Waals surface area (Å²) in [5.41, 5.74) is -0.483. The van der Waals surface area contributed by atoms with Gasteiger partial charge in [0.2, 0.25) is 0 Å². The lowest BCUT2D eigenvalue weighted by Gasteiger charge is -2.37. The van der Waals surface area contributed by atoms with Gasteiger partial charge in [0.15, 0.2) is 5.17 Å². The van der Waals surface area contributed by atoms with E-state index in [0.29, 0.717) is 5.17 Å². The Kier molecular flexibility index (Phi) is 5.01. The van der Waals surface area contributed by atoms with E-state index in [1.54, 1.807) is 0 Å². The summed E-state index contributed by atoms with van der Waals surface area (Å²) >= 11 is 1.23. The Bertz CT molecular complexity index is 411. The number of nitrogens with one attached hydrogen (secondary N) is 1. The zero-order valence-electron chi connectivity index (χ0n) is 9.99. The predicted molar refractivity (Wildman–Crippen MR) is 68.3 cm³/mol. The largest absolute Gasteiger partial charge is 0.388 e. The fourth-order valence-corrected chi connectivity index (χ4v) is 3.04. The first-order valence-corrected chi connectivity index (χ1v) is 6.67. The number of fused-ring (bicyclic) bond motifs is 1. The summed E-state index contributed by atoms with van der Waals surface area (Å²) in [6, 6.07) is -0.521. The number of halogens is 1. The Balaban J connectivity index is 1.99. The minimum atomic E-state index is -1.26. The minimum absolute atomic E-state index is 0.209. The lowest BCUT2D eigenvalue weighted by Crippen LogP contribution is -2.59. The van der Waals surface area contributed by atoms with E-state index in [-0.39, 0.29) is 13.2 Å². The van der Waals surface area contributed by atoms with Gasteiger partial charge >= 0.3 is 0 Å². The van der Waals surface area contributed by atoms with Crippen molar-refractivity contribution >= 4 is 16.9 Å². The molecule has 2 rings (SSSR count). The van der Waals surface area contributed by atoms with Crippen LogP contribution in [0.15, 0.2) is 4.99 Å². The number of hydrogen-bond acceptors (Lipinski definition) is 6. The molecule has 5 unspecified atom stereocenters. The monoisotopic (exact) mass is 290 g/mol. The third-order valence-corrected chi connectivity index (χ3v) is 3.98. The number of aliphatic imine (C=N–C) groups is 1. The SMILES string of the molecule is OCC#CCN=C1NC2C(OC(CF)C(O)C2O)S1. The van der Waals surface area contributed by atoms with Gasteiger partial charge in [-0.3, -0.25) is 0 Å². The Morgan fingerprint density at radius 2 is 2.16 bits per heavy atom. The summed E-state index contributed by atoms with van der Waals surface area (Å²) in [5.74, 6) is 5.09. The first kappa shape index (κ1) is 14.6. The molecule has 0 bridgehead atoms. The van der Waals surface area contributed by atoms with E-state index in [1.807, 2.05) is 0 Å². The lowest BCUT2D eigenvalue weighted by molar-refractivity contribution is -0.160. The highest BCUT2D eigenvalue weighted by molar-refractivity contribution is 8.14. The normalized spacial score (nSPS) is 39.4. The molecule has 0 aromatic heterocycles. The van der Waals surface area contributed by atoms with E-state index < -0.39 is 36.5 Å². The molecule has 4 N–H and O–H groups in total. The molecule has 2 fully saturated rings. The van der Waals surface area contributed by atoms with Gasteiger partial charge in [-0.05, 0) is 0 Å². The summed E-state index contributed by atoms with van der Waals surface area (Å²) in [5, 5.41) is 31.5. The first-order valence-electron chi connectivity index (χ1n) is 5.79. The molecular formula is C11H15FN2O4S. The number of ether oxygens (including phenoxy) is 1. The zero-order chi connectivity index (χ0) is 13.8. The molecule has 0 aromatic carbocycles. The highest BCUT2D eigenvalue weighted by atomic mass is 32.2. The molecule has 0 amide bonds. The number of aliphatic hydroxyl groups excluding tert-OH is 3. The summed E-state index contributed by atoms with van der Waals surface area (Å²) < 4.78 is 18.0. The highest BCUT2D eigenvalue weighted by Gasteiger charge is 2.48. The van der Waals surface area contributed by atoms with Crippen LogP contribution in [0.4, 0.5) is 4.39 Å². The quantitative estimate of drug-likeness (QED) is 0.461. The average molecular weight is 290 g/mol. The second kappa shape index (κ2) is 6.54. The average Bonchev–Trinajstić information content (AvgIpc) is 2.82. The summed E-state index contributed by atoms with van der Waals surface area (Å²) in [6.07, 6.45) is -3.38. The van der Waals surface area contributed by atoms with Crippen LogP contribution in [0.25, 0.3) is 0 Å². The van der Waals surface area contributed by atoms with Crippen molar-refractivity contribution in [2.75, 3.05) is 19.8 Å². The number of alkyl halides is 1. The van der Waals surface area contributed by atoms with E-state index in [9.17, 15) is 14.6 Å². The number of thioether (sulfide) groups is 1. The molecule has 2 heterocycles. The molecule has 0 aromatic rings. The van der Waals surface area contributed by atoms with Crippen LogP contribution in [0.2, 0.25) is 0 Å². The summed E-state index contributed by atoms with van der Waals surface area (Å²) in [6.45, 7) is -0.861. The van der Waals surface area contributed by atoms with Crippen LogP contribution in [0.1, 0.15) is 0 Å². The van der Waals surface area contributed by atoms with Crippen molar-refractivity contribution in [1.29, 1.82) is 0 Å². The molecule has 8 heteroatoms. The maximum atomic E-state index is 12.6. The number of aliphatic hydroxyl groups is 3. The van der Waals surface area contributed by atoms with Gasteiger partial charge in [0.1, 0.15) is 43.6 Å². The molecule has 2 aliphatic rings. The summed E-state index contributed by atoms with van der Waals surface area (Å²) in [4.78, 5) is 4.11. The van der Waals surface area contributed by atoms with E-state index >= 15 is 0 Å². The van der Waals surface area contributed by atoms with Crippen LogP contribution < -0.4 is 5.32 Å². The highest BCUT2D eigenvalue weighted by Crippen LogP contribution is 2.33. The lowest BCUT2D eigenvalue weighted by atomic mass is 9.99. The Labute approximate surface area is 114 Å². The van der Waals surface area contributed by atoms with Gasteiger partial charge < -0.3 is 25.4 Å². The Morgan fingerprint density at radius 3 is 2.84 bits per heavy atom.